The van der Waals surface area contributed by atoms with Crippen LogP contribution in [-0.4, -0.2) is 11.9 Å². The topological polar surface area (TPSA) is 12.0 Å². The summed E-state index contributed by atoms with van der Waals surface area (Å²) in [7, 11) is 0. The molecule has 0 saturated heterocycles. The van der Waals surface area contributed by atoms with Crippen molar-refractivity contribution in [2.24, 2.45) is 0 Å². The van der Waals surface area contributed by atoms with Crippen molar-refractivity contribution in [2.45, 2.75) is 25.8 Å². The molecule has 0 aromatic heterocycles. The first-order valence-electron chi connectivity index (χ1n) is 4.59. The van der Waals surface area contributed by atoms with E-state index in [1.54, 1.807) is 0 Å². The van der Waals surface area contributed by atoms with Crippen LogP contribution in [0.2, 0.25) is 0 Å². The molecule has 1 aromatic carbocycles. The highest BCUT2D eigenvalue weighted by atomic mass is 35.5. The number of hydrogen-bond donors (Lipinski definition) is 1. The van der Waals surface area contributed by atoms with Crippen molar-refractivity contribution in [3.8, 4) is 0 Å². The van der Waals surface area contributed by atoms with Crippen LogP contribution in [0.1, 0.15) is 18.1 Å². The van der Waals surface area contributed by atoms with E-state index in [0.29, 0.717) is 0 Å². The predicted octanol–water partition coefficient (Wildman–Crippen LogP) is 2.71. The van der Waals surface area contributed by atoms with Crippen molar-refractivity contribution in [2.75, 3.05) is 6.54 Å². The molecule has 0 spiro atoms. The first kappa shape index (κ1) is 10.6. The van der Waals surface area contributed by atoms with E-state index in [1.165, 1.54) is 11.1 Å². The molecule has 0 saturated carbocycles. The van der Waals surface area contributed by atoms with Crippen molar-refractivity contribution in [3.63, 3.8) is 0 Å². The van der Waals surface area contributed by atoms with Gasteiger partial charge in [0, 0.05) is 18.5 Å². The molecule has 1 nitrogen and oxygen atoms in total. The summed E-state index contributed by atoms with van der Waals surface area (Å²) in [6.07, 6.45) is 0. The number of aryl methyl sites for hydroxylation is 1. The predicted molar refractivity (Wildman–Crippen MR) is 58.2 cm³/mol. The lowest BCUT2D eigenvalue weighted by Gasteiger charge is -2.08. The monoisotopic (exact) mass is 197 g/mol. The third-order valence-electron chi connectivity index (χ3n) is 2.00. The Hall–Kier alpha value is -0.530. The minimum Gasteiger partial charge on any atom is -0.311 e. The molecular weight excluding hydrogens is 182 g/mol. The van der Waals surface area contributed by atoms with Gasteiger partial charge in [-0.1, -0.05) is 24.3 Å². The summed E-state index contributed by atoms with van der Waals surface area (Å²) in [5.41, 5.74) is 2.68. The van der Waals surface area contributed by atoms with E-state index in [-0.39, 0.29) is 5.38 Å². The fourth-order valence-corrected chi connectivity index (χ4v) is 1.32. The van der Waals surface area contributed by atoms with Crippen LogP contribution in [0.25, 0.3) is 0 Å². The van der Waals surface area contributed by atoms with Crippen molar-refractivity contribution < 1.29 is 0 Å². The molecule has 1 N–H and O–H groups in total. The fourth-order valence-electron chi connectivity index (χ4n) is 1.21. The zero-order chi connectivity index (χ0) is 9.68. The van der Waals surface area contributed by atoms with Gasteiger partial charge in [-0.2, -0.15) is 0 Å². The molecule has 2 heteroatoms. The number of hydrogen-bond acceptors (Lipinski definition) is 1. The quantitative estimate of drug-likeness (QED) is 0.732. The van der Waals surface area contributed by atoms with E-state index >= 15 is 0 Å². The highest BCUT2D eigenvalue weighted by Crippen LogP contribution is 2.06. The Bertz CT molecular complexity index is 258. The van der Waals surface area contributed by atoms with Crippen LogP contribution < -0.4 is 5.32 Å². The van der Waals surface area contributed by atoms with E-state index < -0.39 is 0 Å². The first-order valence-corrected chi connectivity index (χ1v) is 5.03. The van der Waals surface area contributed by atoms with E-state index in [2.05, 4.69) is 36.5 Å². The first-order chi connectivity index (χ1) is 6.20. The van der Waals surface area contributed by atoms with E-state index in [4.69, 9.17) is 11.6 Å². The SMILES string of the molecule is Cc1ccccc1CNCC(C)Cl. The molecule has 1 unspecified atom stereocenters. The van der Waals surface area contributed by atoms with Crippen LogP contribution in [0.15, 0.2) is 24.3 Å². The minimum atomic E-state index is 0.198. The molecule has 0 aliphatic heterocycles. The summed E-state index contributed by atoms with van der Waals surface area (Å²) in [4.78, 5) is 0. The number of rotatable bonds is 4. The van der Waals surface area contributed by atoms with E-state index in [1.807, 2.05) is 6.92 Å². The standard InChI is InChI=1S/C11H16ClN/c1-9-5-3-4-6-11(9)8-13-7-10(2)12/h3-6,10,13H,7-8H2,1-2H3. The van der Waals surface area contributed by atoms with Gasteiger partial charge < -0.3 is 5.32 Å². The second-order valence-electron chi connectivity index (χ2n) is 3.34. The minimum absolute atomic E-state index is 0.198. The average Bonchev–Trinajstić information content (AvgIpc) is 2.08. The molecule has 0 heterocycles. The van der Waals surface area contributed by atoms with Crippen molar-refractivity contribution in [1.29, 1.82) is 0 Å². The molecule has 1 aromatic rings. The molecule has 0 bridgehead atoms. The Kier molecular flexibility index (Phi) is 4.26. The summed E-state index contributed by atoms with van der Waals surface area (Å²) in [6, 6.07) is 8.39. The van der Waals surface area contributed by atoms with Crippen LogP contribution in [0.4, 0.5) is 0 Å². The Labute approximate surface area is 85.1 Å². The van der Waals surface area contributed by atoms with Gasteiger partial charge in [-0.25, -0.2) is 0 Å². The molecule has 1 rings (SSSR count). The maximum Gasteiger partial charge on any atom is 0.0432 e. The van der Waals surface area contributed by atoms with E-state index in [9.17, 15) is 0 Å². The smallest absolute Gasteiger partial charge is 0.0432 e. The van der Waals surface area contributed by atoms with Gasteiger partial charge in [0.1, 0.15) is 0 Å². The van der Waals surface area contributed by atoms with Gasteiger partial charge in [-0.3, -0.25) is 0 Å². The normalized spacial score (nSPS) is 12.8. The molecule has 0 radical (unpaired) electrons. The third-order valence-corrected chi connectivity index (χ3v) is 2.16. The summed E-state index contributed by atoms with van der Waals surface area (Å²) >= 11 is 5.82. The zero-order valence-electron chi connectivity index (χ0n) is 8.18. The third kappa shape index (κ3) is 3.79. The van der Waals surface area contributed by atoms with Crippen molar-refractivity contribution in [1.82, 2.24) is 5.32 Å². The van der Waals surface area contributed by atoms with Crippen molar-refractivity contribution in [3.05, 3.63) is 35.4 Å². The Morgan fingerprint density at radius 2 is 2.08 bits per heavy atom. The number of alkyl halides is 1. The highest BCUT2D eigenvalue weighted by molar-refractivity contribution is 6.20. The fraction of sp³-hybridized carbons (Fsp3) is 0.455. The zero-order valence-corrected chi connectivity index (χ0v) is 8.93. The maximum absolute atomic E-state index is 5.82. The molecule has 0 fully saturated rings. The summed E-state index contributed by atoms with van der Waals surface area (Å²) < 4.78 is 0. The molecule has 0 aliphatic rings. The summed E-state index contributed by atoms with van der Waals surface area (Å²) in [5, 5.41) is 3.51. The molecule has 1 atom stereocenters. The van der Waals surface area contributed by atoms with Gasteiger partial charge in [0.15, 0.2) is 0 Å². The molecule has 0 aliphatic carbocycles. The Morgan fingerprint density at radius 3 is 2.69 bits per heavy atom. The summed E-state index contributed by atoms with van der Waals surface area (Å²) in [5.74, 6) is 0. The second-order valence-corrected chi connectivity index (χ2v) is 4.08. The molecule has 72 valence electrons. The van der Waals surface area contributed by atoms with Gasteiger partial charge in [-0.15, -0.1) is 11.6 Å². The largest absolute Gasteiger partial charge is 0.311 e. The van der Waals surface area contributed by atoms with Crippen LogP contribution >= 0.6 is 11.6 Å². The maximum atomic E-state index is 5.82. The number of benzene rings is 1. The average molecular weight is 198 g/mol. The Balaban J connectivity index is 2.41. The van der Waals surface area contributed by atoms with Crippen molar-refractivity contribution >= 4 is 11.6 Å². The number of halogens is 1. The molecule has 13 heavy (non-hydrogen) atoms. The van der Waals surface area contributed by atoms with Crippen LogP contribution in [0, 0.1) is 6.92 Å². The lowest BCUT2D eigenvalue weighted by atomic mass is 10.1. The van der Waals surface area contributed by atoms with Gasteiger partial charge in [0.25, 0.3) is 0 Å². The van der Waals surface area contributed by atoms with E-state index in [0.717, 1.165) is 13.1 Å². The number of nitrogens with one attached hydrogen (secondary N) is 1. The summed E-state index contributed by atoms with van der Waals surface area (Å²) in [6.45, 7) is 5.88. The van der Waals surface area contributed by atoms with Gasteiger partial charge in [0.05, 0.1) is 0 Å². The second kappa shape index (κ2) is 5.25. The lowest BCUT2D eigenvalue weighted by Crippen LogP contribution is -2.21. The van der Waals surface area contributed by atoms with Crippen LogP contribution in [0.5, 0.6) is 0 Å². The van der Waals surface area contributed by atoms with Crippen LogP contribution in [-0.2, 0) is 6.54 Å². The molecule has 0 amide bonds. The lowest BCUT2D eigenvalue weighted by molar-refractivity contribution is 0.678. The van der Waals surface area contributed by atoms with Gasteiger partial charge >= 0.3 is 0 Å². The van der Waals surface area contributed by atoms with Crippen LogP contribution in [0.3, 0.4) is 0 Å². The highest BCUT2D eigenvalue weighted by Gasteiger charge is 1.97. The van der Waals surface area contributed by atoms with Gasteiger partial charge in [-0.05, 0) is 25.0 Å². The Morgan fingerprint density at radius 1 is 1.38 bits per heavy atom. The molecular formula is C11H16ClN. The van der Waals surface area contributed by atoms with Gasteiger partial charge in [0.2, 0.25) is 0 Å².